The second kappa shape index (κ2) is 6.82. The Hall–Kier alpha value is -2.86. The first-order chi connectivity index (χ1) is 15.2. The Balaban J connectivity index is 1.69. The summed E-state index contributed by atoms with van der Waals surface area (Å²) < 4.78 is 43.1. The monoisotopic (exact) mass is 444 g/mol. The van der Waals surface area contributed by atoms with Crippen LogP contribution >= 0.6 is 0 Å². The normalized spacial score (nSPS) is 30.8. The molecule has 1 aromatic heterocycles. The quantitative estimate of drug-likeness (QED) is 0.778. The lowest BCUT2D eigenvalue weighted by Gasteiger charge is -2.41. The molecule has 5 rings (SSSR count). The number of rotatable bonds is 3. The molecule has 3 atom stereocenters. The molecule has 0 bridgehead atoms. The molecule has 1 aliphatic carbocycles. The number of aromatic nitrogens is 1. The summed E-state index contributed by atoms with van der Waals surface area (Å²) >= 11 is 0. The molecule has 1 saturated carbocycles. The summed E-state index contributed by atoms with van der Waals surface area (Å²) in [5.41, 5.74) is -2.84. The maximum absolute atomic E-state index is 14.4. The van der Waals surface area contributed by atoms with Crippen LogP contribution in [-0.2, 0) is 4.79 Å². The average Bonchev–Trinajstić information content (AvgIpc) is 3.36. The Morgan fingerprint density at radius 1 is 1.28 bits per heavy atom. The van der Waals surface area contributed by atoms with Crippen LogP contribution in [0.1, 0.15) is 24.8 Å². The molecule has 0 spiro atoms. The van der Waals surface area contributed by atoms with E-state index in [4.69, 9.17) is 0 Å². The van der Waals surface area contributed by atoms with Crippen LogP contribution in [0.5, 0.6) is 0 Å². The number of hydrogen-bond acceptors (Lipinski definition) is 5. The van der Waals surface area contributed by atoms with Gasteiger partial charge in [-0.1, -0.05) is 0 Å². The van der Waals surface area contributed by atoms with Gasteiger partial charge in [0, 0.05) is 29.9 Å². The number of carboxylic acids is 1. The van der Waals surface area contributed by atoms with Gasteiger partial charge in [0.2, 0.25) is 0 Å². The third-order valence-electron chi connectivity index (χ3n) is 7.90. The van der Waals surface area contributed by atoms with Gasteiger partial charge in [-0.05, 0) is 69.6 Å². The number of carboxylic acid groups (broad SMARTS) is 1. The van der Waals surface area contributed by atoms with E-state index in [-0.39, 0.29) is 12.3 Å². The van der Waals surface area contributed by atoms with E-state index in [1.54, 1.807) is 35.4 Å². The zero-order valence-corrected chi connectivity index (χ0v) is 17.6. The minimum absolute atomic E-state index is 0.170. The lowest BCUT2D eigenvalue weighted by Crippen LogP contribution is -2.49. The van der Waals surface area contributed by atoms with Gasteiger partial charge in [0.25, 0.3) is 0 Å². The van der Waals surface area contributed by atoms with E-state index in [0.717, 1.165) is 13.1 Å². The number of alkyl halides is 3. The smallest absolute Gasteiger partial charge is 0.397 e. The van der Waals surface area contributed by atoms with Gasteiger partial charge in [0.15, 0.2) is 0 Å². The van der Waals surface area contributed by atoms with Crippen LogP contribution in [0.25, 0.3) is 10.9 Å². The van der Waals surface area contributed by atoms with Gasteiger partial charge in [0.05, 0.1) is 11.1 Å². The number of carbonyl (C=O) groups is 1. The van der Waals surface area contributed by atoms with Crippen molar-refractivity contribution in [2.75, 3.05) is 31.6 Å². The first kappa shape index (κ1) is 21.0. The number of fused-ring (bicyclic) bond motifs is 2. The number of nitrogens with zero attached hydrogens (tertiary/aromatic N) is 4. The van der Waals surface area contributed by atoms with E-state index in [1.807, 2.05) is 7.05 Å². The Bertz CT molecular complexity index is 1140. The molecule has 3 heterocycles. The molecule has 3 aliphatic rings. The third kappa shape index (κ3) is 2.62. The second-order valence-corrected chi connectivity index (χ2v) is 9.39. The van der Waals surface area contributed by atoms with E-state index in [0.29, 0.717) is 35.0 Å². The van der Waals surface area contributed by atoms with Crippen molar-refractivity contribution in [2.24, 2.45) is 16.7 Å². The van der Waals surface area contributed by atoms with Crippen molar-refractivity contribution < 1.29 is 23.1 Å². The molecule has 9 heteroatoms. The van der Waals surface area contributed by atoms with Crippen LogP contribution in [0.15, 0.2) is 30.5 Å². The van der Waals surface area contributed by atoms with Crippen LogP contribution in [0.4, 0.5) is 18.9 Å². The fraction of sp³-hybridized carbons (Fsp3) is 0.522. The number of likely N-dealkylation sites (tertiary alicyclic amines) is 1. The van der Waals surface area contributed by atoms with Crippen molar-refractivity contribution in [3.8, 4) is 6.07 Å². The molecular weight excluding hydrogens is 421 g/mol. The van der Waals surface area contributed by atoms with Gasteiger partial charge in [-0.15, -0.1) is 0 Å². The molecule has 168 valence electrons. The summed E-state index contributed by atoms with van der Waals surface area (Å²) in [5.74, 6) is -1.53. The predicted molar refractivity (Wildman–Crippen MR) is 111 cm³/mol. The summed E-state index contributed by atoms with van der Waals surface area (Å²) in [6, 6.07) is 7.94. The Morgan fingerprint density at radius 2 is 2.00 bits per heavy atom. The summed E-state index contributed by atoms with van der Waals surface area (Å²) in [4.78, 5) is 20.6. The number of anilines is 1. The highest BCUT2D eigenvalue weighted by molar-refractivity contribution is 5.96. The second-order valence-electron chi connectivity index (χ2n) is 9.39. The molecule has 32 heavy (non-hydrogen) atoms. The van der Waals surface area contributed by atoms with Crippen molar-refractivity contribution in [1.29, 1.82) is 5.26 Å². The molecule has 3 unspecified atom stereocenters. The lowest BCUT2D eigenvalue weighted by molar-refractivity contribution is -0.196. The van der Waals surface area contributed by atoms with Crippen molar-refractivity contribution in [1.82, 2.24) is 9.88 Å². The minimum Gasteiger partial charge on any atom is -0.481 e. The molecule has 2 aromatic rings. The fourth-order valence-electron chi connectivity index (χ4n) is 6.26. The summed E-state index contributed by atoms with van der Waals surface area (Å²) in [6.07, 6.45) is -2.16. The van der Waals surface area contributed by atoms with E-state index in [9.17, 15) is 28.3 Å². The third-order valence-corrected chi connectivity index (χ3v) is 7.90. The summed E-state index contributed by atoms with van der Waals surface area (Å²) in [6.45, 7) is 1.05. The number of aliphatic carboxylic acids is 1. The number of piperidine rings is 2. The summed E-state index contributed by atoms with van der Waals surface area (Å²) in [5, 5.41) is 20.2. The van der Waals surface area contributed by atoms with Crippen molar-refractivity contribution in [3.05, 3.63) is 36.0 Å². The van der Waals surface area contributed by atoms with Crippen LogP contribution < -0.4 is 4.90 Å². The molecule has 1 aromatic carbocycles. The van der Waals surface area contributed by atoms with Gasteiger partial charge in [-0.25, -0.2) is 0 Å². The van der Waals surface area contributed by atoms with Crippen molar-refractivity contribution in [2.45, 2.75) is 31.5 Å². The predicted octanol–water partition coefficient (Wildman–Crippen LogP) is 3.66. The van der Waals surface area contributed by atoms with E-state index >= 15 is 0 Å². The van der Waals surface area contributed by atoms with Gasteiger partial charge in [0.1, 0.15) is 16.9 Å². The molecule has 2 saturated heterocycles. The highest BCUT2D eigenvalue weighted by Gasteiger charge is 2.90. The van der Waals surface area contributed by atoms with E-state index < -0.39 is 35.6 Å². The van der Waals surface area contributed by atoms with Crippen LogP contribution in [-0.4, -0.2) is 59.9 Å². The Labute approximate surface area is 183 Å². The molecule has 6 nitrogen and oxygen atoms in total. The van der Waals surface area contributed by atoms with Gasteiger partial charge >= 0.3 is 12.1 Å². The molecular formula is C23H23F3N4O2. The molecule has 0 radical (unpaired) electrons. The zero-order chi connectivity index (χ0) is 22.9. The molecule has 3 fully saturated rings. The lowest BCUT2D eigenvalue weighted by atomic mass is 9.78. The fourth-order valence-corrected chi connectivity index (χ4v) is 6.26. The molecule has 1 N–H and O–H groups in total. The molecule has 2 aliphatic heterocycles. The van der Waals surface area contributed by atoms with E-state index in [1.165, 1.54) is 0 Å². The van der Waals surface area contributed by atoms with Gasteiger partial charge in [-0.2, -0.15) is 18.4 Å². The maximum Gasteiger partial charge on any atom is 0.397 e. The number of benzene rings is 1. The SMILES string of the molecule is CN1CCC(C2N(c3ccc(C#N)c4ncccc34)CC3(C(F)(F)F)CC23C(=O)O)CC1. The first-order valence-electron chi connectivity index (χ1n) is 10.7. The topological polar surface area (TPSA) is 80.5 Å². The van der Waals surface area contributed by atoms with Crippen molar-refractivity contribution >= 4 is 22.6 Å². The Morgan fingerprint density at radius 3 is 2.62 bits per heavy atom. The standard InChI is InChI=1S/C23H23F3N4O2/c1-29-9-6-14(7-10-29)19-22(20(31)32)12-21(22,23(24,25)26)13-30(19)17-5-4-15(11-27)18-16(17)3-2-8-28-18/h2-5,8,14,19H,6-7,9-10,12-13H2,1H3,(H,31,32). The molecule has 0 amide bonds. The number of halogens is 3. The van der Waals surface area contributed by atoms with Crippen LogP contribution in [0, 0.1) is 28.1 Å². The first-order valence-corrected chi connectivity index (χ1v) is 10.7. The number of hydrogen-bond donors (Lipinski definition) is 1. The maximum atomic E-state index is 14.4. The summed E-state index contributed by atoms with van der Waals surface area (Å²) in [7, 11) is 1.96. The van der Waals surface area contributed by atoms with Crippen LogP contribution in [0.2, 0.25) is 0 Å². The largest absolute Gasteiger partial charge is 0.481 e. The Kier molecular flexibility index (Phi) is 4.48. The van der Waals surface area contributed by atoms with Crippen LogP contribution in [0.3, 0.4) is 0 Å². The van der Waals surface area contributed by atoms with Crippen molar-refractivity contribution in [3.63, 3.8) is 0 Å². The number of nitriles is 1. The minimum atomic E-state index is -4.62. The van der Waals surface area contributed by atoms with Gasteiger partial charge < -0.3 is 14.9 Å². The zero-order valence-electron chi connectivity index (χ0n) is 17.6. The average molecular weight is 444 g/mol. The van der Waals surface area contributed by atoms with E-state index in [2.05, 4.69) is 16.0 Å². The van der Waals surface area contributed by atoms with Gasteiger partial charge in [-0.3, -0.25) is 9.78 Å². The number of pyridine rings is 1. The highest BCUT2D eigenvalue weighted by atomic mass is 19.4. The highest BCUT2D eigenvalue weighted by Crippen LogP contribution is 2.78.